The van der Waals surface area contributed by atoms with Crippen molar-refractivity contribution in [1.82, 2.24) is 4.90 Å². The number of hydrogen-bond acceptors (Lipinski definition) is 3. The molecule has 2 rings (SSSR count). The van der Waals surface area contributed by atoms with Crippen molar-refractivity contribution in [3.8, 4) is 0 Å². The van der Waals surface area contributed by atoms with Gasteiger partial charge in [-0.25, -0.2) is 0 Å². The lowest BCUT2D eigenvalue weighted by molar-refractivity contribution is 0.234. The van der Waals surface area contributed by atoms with E-state index in [4.69, 9.17) is 17.3 Å². The van der Waals surface area contributed by atoms with E-state index >= 15 is 0 Å². The van der Waals surface area contributed by atoms with Crippen molar-refractivity contribution in [2.45, 2.75) is 19.4 Å². The van der Waals surface area contributed by atoms with Gasteiger partial charge in [0, 0.05) is 36.4 Å². The van der Waals surface area contributed by atoms with Crippen LogP contribution in [0.1, 0.15) is 12.5 Å². The third-order valence-electron chi connectivity index (χ3n) is 3.76. The lowest BCUT2D eigenvalue weighted by atomic mass is 10.1. The number of likely N-dealkylation sites (N-methyl/N-ethyl adjacent to an activating group) is 1. The molecule has 1 unspecified atom stereocenters. The first-order valence-electron chi connectivity index (χ1n) is 6.55. The van der Waals surface area contributed by atoms with Crippen LogP contribution in [0.4, 0.5) is 5.69 Å². The van der Waals surface area contributed by atoms with Gasteiger partial charge in [0.1, 0.15) is 0 Å². The standard InChI is InChI=1S/C14H22ClN3/c1-11-10-18(8-7-17(11)2)14-4-3-13(15)9-12(14)5-6-16/h3-4,9,11H,5-8,10,16H2,1-2H3. The zero-order valence-corrected chi connectivity index (χ0v) is 12.0. The number of anilines is 1. The van der Waals surface area contributed by atoms with Crippen LogP contribution in [0, 0.1) is 0 Å². The van der Waals surface area contributed by atoms with Crippen molar-refractivity contribution in [2.24, 2.45) is 5.73 Å². The van der Waals surface area contributed by atoms with E-state index in [-0.39, 0.29) is 0 Å². The maximum absolute atomic E-state index is 6.08. The molecule has 1 aliphatic rings. The second kappa shape index (κ2) is 5.91. The van der Waals surface area contributed by atoms with Gasteiger partial charge >= 0.3 is 0 Å². The van der Waals surface area contributed by atoms with E-state index in [0.717, 1.165) is 31.1 Å². The molecule has 0 saturated carbocycles. The Morgan fingerprint density at radius 1 is 1.39 bits per heavy atom. The van der Waals surface area contributed by atoms with Crippen LogP contribution in [0.5, 0.6) is 0 Å². The van der Waals surface area contributed by atoms with Crippen LogP contribution in [0.25, 0.3) is 0 Å². The van der Waals surface area contributed by atoms with Crippen molar-refractivity contribution in [3.05, 3.63) is 28.8 Å². The zero-order valence-electron chi connectivity index (χ0n) is 11.2. The molecule has 1 atom stereocenters. The van der Waals surface area contributed by atoms with E-state index in [2.05, 4.69) is 29.8 Å². The maximum Gasteiger partial charge on any atom is 0.0410 e. The highest BCUT2D eigenvalue weighted by Crippen LogP contribution is 2.26. The maximum atomic E-state index is 6.08. The Hall–Kier alpha value is -0.770. The van der Waals surface area contributed by atoms with Crippen molar-refractivity contribution in [1.29, 1.82) is 0 Å². The summed E-state index contributed by atoms with van der Waals surface area (Å²) >= 11 is 6.08. The molecule has 2 N–H and O–H groups in total. The topological polar surface area (TPSA) is 32.5 Å². The lowest BCUT2D eigenvalue weighted by Crippen LogP contribution is -2.50. The van der Waals surface area contributed by atoms with Gasteiger partial charge in [0.05, 0.1) is 0 Å². The van der Waals surface area contributed by atoms with Crippen LogP contribution in [-0.2, 0) is 6.42 Å². The van der Waals surface area contributed by atoms with Gasteiger partial charge in [0.2, 0.25) is 0 Å². The highest BCUT2D eigenvalue weighted by molar-refractivity contribution is 6.30. The molecule has 1 aromatic rings. The Balaban J connectivity index is 2.22. The summed E-state index contributed by atoms with van der Waals surface area (Å²) in [7, 11) is 2.19. The van der Waals surface area contributed by atoms with E-state index in [9.17, 15) is 0 Å². The van der Waals surface area contributed by atoms with Gasteiger partial charge < -0.3 is 15.5 Å². The number of nitrogens with zero attached hydrogens (tertiary/aromatic N) is 2. The molecule has 1 saturated heterocycles. The minimum Gasteiger partial charge on any atom is -0.368 e. The van der Waals surface area contributed by atoms with Gasteiger partial charge in [-0.1, -0.05) is 11.6 Å². The number of halogens is 1. The number of hydrogen-bond donors (Lipinski definition) is 1. The Kier molecular flexibility index (Phi) is 4.49. The van der Waals surface area contributed by atoms with Gasteiger partial charge in [0.25, 0.3) is 0 Å². The summed E-state index contributed by atoms with van der Waals surface area (Å²) < 4.78 is 0. The fourth-order valence-corrected chi connectivity index (χ4v) is 2.68. The fourth-order valence-electron chi connectivity index (χ4n) is 2.49. The molecule has 1 fully saturated rings. The molecule has 0 spiro atoms. The average Bonchev–Trinajstić information content (AvgIpc) is 2.34. The molecule has 4 heteroatoms. The van der Waals surface area contributed by atoms with Gasteiger partial charge in [0.15, 0.2) is 0 Å². The van der Waals surface area contributed by atoms with Gasteiger partial charge in [-0.15, -0.1) is 0 Å². The van der Waals surface area contributed by atoms with E-state index in [1.165, 1.54) is 11.3 Å². The van der Waals surface area contributed by atoms with E-state index in [1.807, 2.05) is 12.1 Å². The number of nitrogens with two attached hydrogens (primary N) is 1. The monoisotopic (exact) mass is 267 g/mol. The quantitative estimate of drug-likeness (QED) is 0.909. The minimum atomic E-state index is 0.583. The summed E-state index contributed by atoms with van der Waals surface area (Å²) in [6.45, 7) is 6.17. The summed E-state index contributed by atoms with van der Waals surface area (Å²) in [6, 6.07) is 6.73. The molecule has 100 valence electrons. The summed E-state index contributed by atoms with van der Waals surface area (Å²) in [5.41, 5.74) is 8.25. The molecule has 1 aliphatic heterocycles. The Bertz CT molecular complexity index is 408. The number of rotatable bonds is 3. The molecule has 18 heavy (non-hydrogen) atoms. The third-order valence-corrected chi connectivity index (χ3v) is 3.99. The molecule has 0 aromatic heterocycles. The first kappa shape index (κ1) is 13.7. The number of benzene rings is 1. The van der Waals surface area contributed by atoms with Crippen molar-refractivity contribution < 1.29 is 0 Å². The zero-order chi connectivity index (χ0) is 13.1. The van der Waals surface area contributed by atoms with Gasteiger partial charge in [-0.3, -0.25) is 0 Å². The molecule has 0 bridgehead atoms. The Morgan fingerprint density at radius 3 is 2.83 bits per heavy atom. The largest absolute Gasteiger partial charge is 0.368 e. The highest BCUT2D eigenvalue weighted by Gasteiger charge is 2.22. The van der Waals surface area contributed by atoms with E-state index in [0.29, 0.717) is 12.6 Å². The van der Waals surface area contributed by atoms with Crippen LogP contribution in [0.15, 0.2) is 18.2 Å². The first-order chi connectivity index (χ1) is 8.61. The van der Waals surface area contributed by atoms with Gasteiger partial charge in [-0.05, 0) is 50.7 Å². The molecule has 0 amide bonds. The van der Waals surface area contributed by atoms with Gasteiger partial charge in [-0.2, -0.15) is 0 Å². The molecular formula is C14H22ClN3. The first-order valence-corrected chi connectivity index (χ1v) is 6.93. The van der Waals surface area contributed by atoms with Crippen LogP contribution in [-0.4, -0.2) is 44.2 Å². The fraction of sp³-hybridized carbons (Fsp3) is 0.571. The second-order valence-corrected chi connectivity index (χ2v) is 5.52. The van der Waals surface area contributed by atoms with Crippen LogP contribution in [0.3, 0.4) is 0 Å². The molecule has 1 heterocycles. The number of piperazine rings is 1. The smallest absolute Gasteiger partial charge is 0.0410 e. The SMILES string of the molecule is CC1CN(c2ccc(Cl)cc2CCN)CCN1C. The lowest BCUT2D eigenvalue weighted by Gasteiger charge is -2.39. The molecule has 0 aliphatic carbocycles. The summed E-state index contributed by atoms with van der Waals surface area (Å²) in [4.78, 5) is 4.85. The second-order valence-electron chi connectivity index (χ2n) is 5.09. The van der Waals surface area contributed by atoms with Crippen molar-refractivity contribution >= 4 is 17.3 Å². The van der Waals surface area contributed by atoms with Crippen LogP contribution in [0.2, 0.25) is 5.02 Å². The van der Waals surface area contributed by atoms with E-state index in [1.54, 1.807) is 0 Å². The normalized spacial score (nSPS) is 21.3. The third kappa shape index (κ3) is 2.97. The average molecular weight is 268 g/mol. The predicted octanol–water partition coefficient (Wildman–Crippen LogP) is 1.98. The Labute approximate surface area is 115 Å². The van der Waals surface area contributed by atoms with Crippen molar-refractivity contribution in [2.75, 3.05) is 38.1 Å². The minimum absolute atomic E-state index is 0.583. The van der Waals surface area contributed by atoms with E-state index < -0.39 is 0 Å². The molecule has 0 radical (unpaired) electrons. The molecular weight excluding hydrogens is 246 g/mol. The van der Waals surface area contributed by atoms with Crippen molar-refractivity contribution in [3.63, 3.8) is 0 Å². The summed E-state index contributed by atoms with van der Waals surface area (Å²) in [5, 5.41) is 0.796. The molecule has 1 aromatic carbocycles. The summed E-state index contributed by atoms with van der Waals surface area (Å²) in [5.74, 6) is 0. The van der Waals surface area contributed by atoms with Crippen LogP contribution >= 0.6 is 11.6 Å². The predicted molar refractivity (Wildman–Crippen MR) is 78.5 cm³/mol. The summed E-state index contributed by atoms with van der Waals surface area (Å²) in [6.07, 6.45) is 0.886. The Morgan fingerprint density at radius 2 is 2.17 bits per heavy atom. The highest BCUT2D eigenvalue weighted by atomic mass is 35.5. The van der Waals surface area contributed by atoms with Crippen LogP contribution < -0.4 is 10.6 Å². The molecule has 3 nitrogen and oxygen atoms in total.